The molecule has 2 aliphatic rings. The average Bonchev–Trinajstić information content (AvgIpc) is 3.79. The molecule has 2 nitrogen and oxygen atoms in total. The van der Waals surface area contributed by atoms with Gasteiger partial charge in [0.15, 0.2) is 0 Å². The van der Waals surface area contributed by atoms with Gasteiger partial charge in [0.1, 0.15) is 0 Å². The molecule has 10 aromatic carbocycles. The molecule has 0 amide bonds. The van der Waals surface area contributed by atoms with Crippen molar-refractivity contribution in [1.82, 2.24) is 0 Å². The Morgan fingerprint density at radius 3 is 1.00 bits per heavy atom. The van der Waals surface area contributed by atoms with Crippen LogP contribution in [-0.2, 0) is 5.41 Å². The molecule has 0 bridgehead atoms. The topological polar surface area (TPSA) is 6.48 Å². The Balaban J connectivity index is 1.06. The van der Waals surface area contributed by atoms with Gasteiger partial charge in [-0.25, -0.2) is 0 Å². The fraction of sp³-hybridized carbons (Fsp3) is 0.111. The van der Waals surface area contributed by atoms with Gasteiger partial charge >= 0.3 is 0 Å². The lowest BCUT2D eigenvalue weighted by molar-refractivity contribution is 0.796. The minimum Gasteiger partial charge on any atom is -0.310 e. The minimum absolute atomic E-state index is 0.496. The molecule has 0 heterocycles. The van der Waals surface area contributed by atoms with E-state index in [9.17, 15) is 0 Å². The summed E-state index contributed by atoms with van der Waals surface area (Å²) in [6, 6.07) is 82.7. The summed E-state index contributed by atoms with van der Waals surface area (Å²) in [5, 5.41) is 7.86. The summed E-state index contributed by atoms with van der Waals surface area (Å²) >= 11 is 0. The normalized spacial score (nSPS) is 13.3. The summed E-state index contributed by atoms with van der Waals surface area (Å²) in [4.78, 5) is 4.82. The Bertz CT molecular complexity index is 3290. The first kappa shape index (κ1) is 41.2. The molecule has 67 heavy (non-hydrogen) atoms. The Labute approximate surface area is 397 Å². The van der Waals surface area contributed by atoms with Crippen molar-refractivity contribution in [2.75, 3.05) is 9.80 Å². The summed E-state index contributed by atoms with van der Waals surface area (Å²) in [5.41, 5.74) is 17.1. The van der Waals surface area contributed by atoms with Crippen LogP contribution in [0.2, 0.25) is 39.3 Å². The fourth-order valence-corrected chi connectivity index (χ4v) is 13.5. The predicted octanol–water partition coefficient (Wildman–Crippen LogP) is 16.4. The molecular formula is C63H54N2Si2. The van der Waals surface area contributed by atoms with Crippen LogP contribution in [0.25, 0.3) is 43.8 Å². The van der Waals surface area contributed by atoms with Gasteiger partial charge in [-0.2, -0.15) is 0 Å². The maximum atomic E-state index is 2.53. The number of para-hydroxylation sites is 2. The third kappa shape index (κ3) is 6.65. The molecule has 12 rings (SSSR count). The van der Waals surface area contributed by atoms with E-state index in [1.807, 2.05) is 0 Å². The molecule has 0 saturated carbocycles. The number of anilines is 6. The number of hydrogen-bond acceptors (Lipinski definition) is 2. The highest BCUT2D eigenvalue weighted by molar-refractivity contribution is 6.89. The van der Waals surface area contributed by atoms with Crippen LogP contribution in [-0.4, -0.2) is 16.1 Å². The van der Waals surface area contributed by atoms with Gasteiger partial charge in [0.05, 0.1) is 21.6 Å². The zero-order chi connectivity index (χ0) is 45.7. The van der Waals surface area contributed by atoms with Crippen LogP contribution in [0.1, 0.15) is 22.3 Å². The summed E-state index contributed by atoms with van der Waals surface area (Å²) < 4.78 is 0. The second kappa shape index (κ2) is 15.4. The highest BCUT2D eigenvalue weighted by atomic mass is 28.3. The lowest BCUT2D eigenvalue weighted by Gasteiger charge is -2.31. The van der Waals surface area contributed by atoms with Gasteiger partial charge in [-0.1, -0.05) is 171 Å². The molecule has 324 valence electrons. The Morgan fingerprint density at radius 1 is 0.269 bits per heavy atom. The van der Waals surface area contributed by atoms with Crippen LogP contribution >= 0.6 is 0 Å². The van der Waals surface area contributed by atoms with Crippen molar-refractivity contribution >= 4 is 82.2 Å². The summed E-state index contributed by atoms with van der Waals surface area (Å²) in [6.45, 7) is 14.5. The molecule has 2 aliphatic carbocycles. The van der Waals surface area contributed by atoms with Gasteiger partial charge < -0.3 is 9.80 Å². The van der Waals surface area contributed by atoms with Crippen LogP contribution in [0.5, 0.6) is 0 Å². The lowest BCUT2D eigenvalue weighted by atomic mass is 9.70. The maximum absolute atomic E-state index is 2.53. The third-order valence-corrected chi connectivity index (χ3v) is 18.6. The summed E-state index contributed by atoms with van der Waals surface area (Å²) in [7, 11) is -2.94. The SMILES string of the molecule is C[Si](C)(C)c1ccc(N(c2ccccc2)c2ccc3cc4c(cc3c2)C2(c3ccccc3-c3ccccc32)c2cc3cc(N(c5ccccc5)c5ccc([Si](C)(C)C)cc5)ccc3cc2-4)cc1. The molecule has 0 atom stereocenters. The molecule has 0 aromatic heterocycles. The zero-order valence-electron chi connectivity index (χ0n) is 39.2. The van der Waals surface area contributed by atoms with E-state index in [0.717, 1.165) is 34.1 Å². The van der Waals surface area contributed by atoms with Crippen LogP contribution < -0.4 is 20.2 Å². The van der Waals surface area contributed by atoms with E-state index in [-0.39, 0.29) is 0 Å². The molecule has 10 aromatic rings. The fourth-order valence-electron chi connectivity index (χ4n) is 11.1. The smallest absolute Gasteiger partial charge is 0.0775 e. The number of hydrogen-bond donors (Lipinski definition) is 0. The molecule has 0 aliphatic heterocycles. The Kier molecular flexibility index (Phi) is 9.48. The van der Waals surface area contributed by atoms with Crippen molar-refractivity contribution in [3.63, 3.8) is 0 Å². The van der Waals surface area contributed by atoms with Gasteiger partial charge in [-0.15, -0.1) is 0 Å². The van der Waals surface area contributed by atoms with E-state index in [2.05, 4.69) is 267 Å². The third-order valence-electron chi connectivity index (χ3n) is 14.5. The van der Waals surface area contributed by atoms with Gasteiger partial charge in [0.25, 0.3) is 0 Å². The van der Waals surface area contributed by atoms with Crippen molar-refractivity contribution in [3.8, 4) is 22.3 Å². The molecule has 0 saturated heterocycles. The first-order valence-electron chi connectivity index (χ1n) is 23.7. The van der Waals surface area contributed by atoms with Crippen molar-refractivity contribution in [1.29, 1.82) is 0 Å². The van der Waals surface area contributed by atoms with E-state index in [4.69, 9.17) is 0 Å². The number of nitrogens with zero attached hydrogens (tertiary/aromatic N) is 2. The predicted molar refractivity (Wildman–Crippen MR) is 293 cm³/mol. The van der Waals surface area contributed by atoms with Crippen LogP contribution in [0.15, 0.2) is 218 Å². The minimum atomic E-state index is -1.47. The second-order valence-corrected chi connectivity index (χ2v) is 30.8. The average molecular weight is 895 g/mol. The highest BCUT2D eigenvalue weighted by Gasteiger charge is 2.52. The van der Waals surface area contributed by atoms with Crippen molar-refractivity contribution < 1.29 is 0 Å². The Hall–Kier alpha value is -7.25. The van der Waals surface area contributed by atoms with E-state index >= 15 is 0 Å². The van der Waals surface area contributed by atoms with Crippen molar-refractivity contribution in [2.24, 2.45) is 0 Å². The van der Waals surface area contributed by atoms with Gasteiger partial charge in [0.2, 0.25) is 0 Å². The Morgan fingerprint density at radius 2 is 0.612 bits per heavy atom. The maximum Gasteiger partial charge on any atom is 0.0775 e. The van der Waals surface area contributed by atoms with Crippen LogP contribution in [0.4, 0.5) is 34.1 Å². The van der Waals surface area contributed by atoms with Gasteiger partial charge in [0, 0.05) is 34.1 Å². The molecule has 1 spiro atoms. The molecule has 4 heteroatoms. The number of rotatable bonds is 8. The second-order valence-electron chi connectivity index (χ2n) is 20.6. The van der Waals surface area contributed by atoms with Gasteiger partial charge in [-0.3, -0.25) is 0 Å². The summed E-state index contributed by atoms with van der Waals surface area (Å²) in [6.07, 6.45) is 0. The van der Waals surface area contributed by atoms with E-state index in [0.29, 0.717) is 0 Å². The zero-order valence-corrected chi connectivity index (χ0v) is 41.2. The lowest BCUT2D eigenvalue weighted by Crippen LogP contribution is -2.37. The van der Waals surface area contributed by atoms with Crippen molar-refractivity contribution in [2.45, 2.75) is 44.7 Å². The molecule has 0 unspecified atom stereocenters. The number of benzene rings is 10. The monoisotopic (exact) mass is 894 g/mol. The summed E-state index contributed by atoms with van der Waals surface area (Å²) in [5.74, 6) is 0. The van der Waals surface area contributed by atoms with Crippen molar-refractivity contribution in [3.05, 3.63) is 241 Å². The van der Waals surface area contributed by atoms with E-state index in [1.165, 1.54) is 76.4 Å². The molecule has 0 radical (unpaired) electrons. The standard InChI is InChI=1S/C63H54N2Si2/c1-66(2,3)53-33-29-49(30-34-53)64(47-17-9-7-10-18-47)51-27-25-43-39-57-58-40-44-26-28-52(65(48-19-11-8-12-20-48)50-31-35-54(36-32-50)67(4,5)6)38-46(44)42-62(58)63(61(57)41-45(43)37-51)59-23-15-13-21-55(59)56-22-14-16-24-60(56)63/h7-42H,1-6H3. The highest BCUT2D eigenvalue weighted by Crippen LogP contribution is 2.64. The number of fused-ring (bicyclic) bond motifs is 12. The van der Waals surface area contributed by atoms with Crippen LogP contribution in [0.3, 0.4) is 0 Å². The molecular weight excluding hydrogens is 841 g/mol. The molecule has 0 fully saturated rings. The quantitative estimate of drug-likeness (QED) is 0.140. The van der Waals surface area contributed by atoms with E-state index in [1.54, 1.807) is 0 Å². The largest absolute Gasteiger partial charge is 0.310 e. The van der Waals surface area contributed by atoms with Gasteiger partial charge in [-0.05, 0) is 163 Å². The van der Waals surface area contributed by atoms with E-state index < -0.39 is 21.6 Å². The van der Waals surface area contributed by atoms with Crippen LogP contribution in [0, 0.1) is 0 Å². The first-order valence-corrected chi connectivity index (χ1v) is 30.7. The molecule has 0 N–H and O–H groups in total. The first-order chi connectivity index (χ1) is 32.5.